The van der Waals surface area contributed by atoms with E-state index in [-0.39, 0.29) is 0 Å². The molecular weight excluding hydrogens is 296 g/mol. The van der Waals surface area contributed by atoms with Gasteiger partial charge in [-0.25, -0.2) is 9.41 Å². The van der Waals surface area contributed by atoms with Crippen molar-refractivity contribution in [2.75, 3.05) is 0 Å². The van der Waals surface area contributed by atoms with E-state index in [9.17, 15) is 0 Å². The van der Waals surface area contributed by atoms with Gasteiger partial charge in [-0.2, -0.15) is 0 Å². The molecule has 3 heteroatoms. The van der Waals surface area contributed by atoms with Crippen molar-refractivity contribution in [1.29, 1.82) is 0 Å². The fraction of sp³-hybridized carbons (Fsp3) is 0.143. The van der Waals surface area contributed by atoms with E-state index in [0.29, 0.717) is 11.3 Å². The van der Waals surface area contributed by atoms with Gasteiger partial charge in [-0.05, 0) is 37.1 Å². The maximum Gasteiger partial charge on any atom is 0.229 e. The number of aromatic nitrogens is 1. The third-order valence-corrected chi connectivity index (χ3v) is 4.72. The molecule has 0 unspecified atom stereocenters. The molecular formula is C21H17N2O+. The minimum atomic E-state index is 0.558. The lowest BCUT2D eigenvalue weighted by Crippen LogP contribution is -2.30. The average molecular weight is 313 g/mol. The van der Waals surface area contributed by atoms with Gasteiger partial charge in [0.25, 0.3) is 0 Å². The van der Waals surface area contributed by atoms with E-state index in [1.165, 1.54) is 16.7 Å². The van der Waals surface area contributed by atoms with Crippen LogP contribution in [0, 0.1) is 20.4 Å². The van der Waals surface area contributed by atoms with Crippen LogP contribution in [-0.2, 0) is 7.05 Å². The van der Waals surface area contributed by atoms with E-state index in [2.05, 4.69) is 54.7 Å². The Morgan fingerprint density at radius 2 is 1.92 bits per heavy atom. The first-order chi connectivity index (χ1) is 11.6. The fourth-order valence-corrected chi connectivity index (χ4v) is 3.36. The summed E-state index contributed by atoms with van der Waals surface area (Å²) in [5.74, 6) is 0. The van der Waals surface area contributed by atoms with Crippen LogP contribution in [0.5, 0.6) is 0 Å². The zero-order valence-electron chi connectivity index (χ0n) is 13.9. The second kappa shape index (κ2) is 5.21. The van der Waals surface area contributed by atoms with Crippen molar-refractivity contribution < 1.29 is 8.98 Å². The van der Waals surface area contributed by atoms with Crippen LogP contribution in [-0.4, -0.2) is 0 Å². The maximum atomic E-state index is 7.40. The molecule has 0 spiro atoms. The minimum absolute atomic E-state index is 0.558. The summed E-state index contributed by atoms with van der Waals surface area (Å²) in [6.45, 7) is 11.6. The highest BCUT2D eigenvalue weighted by molar-refractivity contribution is 6.15. The summed E-state index contributed by atoms with van der Waals surface area (Å²) in [6.07, 6.45) is 2.05. The monoisotopic (exact) mass is 313 g/mol. The largest absolute Gasteiger partial charge is 0.467 e. The number of fused-ring (bicyclic) bond motifs is 3. The normalized spacial score (nSPS) is 11.1. The molecule has 24 heavy (non-hydrogen) atoms. The Kier molecular flexibility index (Phi) is 3.14. The van der Waals surface area contributed by atoms with Gasteiger partial charge in [0.2, 0.25) is 11.4 Å². The Labute approximate surface area is 140 Å². The number of aryl methyl sites for hydroxylation is 2. The zero-order chi connectivity index (χ0) is 16.8. The van der Waals surface area contributed by atoms with E-state index in [4.69, 9.17) is 11.0 Å². The summed E-state index contributed by atoms with van der Waals surface area (Å²) in [5.41, 5.74) is 6.80. The van der Waals surface area contributed by atoms with Crippen LogP contribution in [0.25, 0.3) is 38.0 Å². The molecule has 3 nitrogen and oxygen atoms in total. The van der Waals surface area contributed by atoms with Crippen molar-refractivity contribution in [3.63, 3.8) is 0 Å². The Bertz CT molecular complexity index is 1150. The number of nitrogens with zero attached hydrogens (tertiary/aromatic N) is 2. The van der Waals surface area contributed by atoms with Gasteiger partial charge >= 0.3 is 0 Å². The summed E-state index contributed by atoms with van der Waals surface area (Å²) in [7, 11) is 2.05. The molecule has 0 bridgehead atoms. The van der Waals surface area contributed by atoms with Gasteiger partial charge in [-0.1, -0.05) is 18.2 Å². The zero-order valence-corrected chi connectivity index (χ0v) is 13.9. The predicted molar refractivity (Wildman–Crippen MR) is 96.1 cm³/mol. The van der Waals surface area contributed by atoms with Gasteiger partial charge < -0.3 is 4.42 Å². The number of benzene rings is 2. The first-order valence-corrected chi connectivity index (χ1v) is 7.89. The highest BCUT2D eigenvalue weighted by Gasteiger charge is 2.22. The Hall–Kier alpha value is -3.12. The van der Waals surface area contributed by atoms with Crippen molar-refractivity contribution in [1.82, 2.24) is 0 Å². The van der Waals surface area contributed by atoms with Crippen LogP contribution in [0.15, 0.2) is 53.1 Å². The van der Waals surface area contributed by atoms with E-state index in [0.717, 1.165) is 22.0 Å². The Morgan fingerprint density at radius 3 is 2.67 bits per heavy atom. The van der Waals surface area contributed by atoms with Crippen molar-refractivity contribution >= 4 is 27.6 Å². The van der Waals surface area contributed by atoms with Crippen molar-refractivity contribution in [3.05, 3.63) is 71.2 Å². The first-order valence-electron chi connectivity index (χ1n) is 7.89. The third-order valence-electron chi connectivity index (χ3n) is 4.72. The molecule has 0 N–H and O–H groups in total. The highest BCUT2D eigenvalue weighted by atomic mass is 16.3. The lowest BCUT2D eigenvalue weighted by Gasteiger charge is -2.09. The van der Waals surface area contributed by atoms with E-state index in [1.54, 1.807) is 6.07 Å². The number of pyridine rings is 1. The average Bonchev–Trinajstić information content (AvgIpc) is 2.95. The summed E-state index contributed by atoms with van der Waals surface area (Å²) in [4.78, 5) is 3.61. The maximum absolute atomic E-state index is 7.40. The second-order valence-electron chi connectivity index (χ2n) is 6.13. The Morgan fingerprint density at radius 1 is 1.08 bits per heavy atom. The van der Waals surface area contributed by atoms with Gasteiger partial charge in [-0.3, -0.25) is 0 Å². The smallest absolute Gasteiger partial charge is 0.229 e. The Balaban J connectivity index is 2.26. The molecule has 0 aliphatic heterocycles. The van der Waals surface area contributed by atoms with Gasteiger partial charge in [0.15, 0.2) is 6.20 Å². The van der Waals surface area contributed by atoms with Crippen LogP contribution in [0.3, 0.4) is 0 Å². The van der Waals surface area contributed by atoms with Crippen LogP contribution in [0.2, 0.25) is 0 Å². The summed E-state index contributed by atoms with van der Waals surface area (Å²) >= 11 is 0. The summed E-state index contributed by atoms with van der Waals surface area (Å²) in [5, 5.41) is 2.08. The molecule has 0 saturated heterocycles. The molecule has 0 aliphatic rings. The molecule has 0 fully saturated rings. The van der Waals surface area contributed by atoms with Crippen LogP contribution in [0.4, 0.5) is 5.69 Å². The number of hydrogen-bond acceptors (Lipinski definition) is 1. The number of rotatable bonds is 1. The van der Waals surface area contributed by atoms with Gasteiger partial charge in [0.05, 0.1) is 12.1 Å². The molecule has 0 radical (unpaired) electrons. The van der Waals surface area contributed by atoms with Crippen molar-refractivity contribution in [2.24, 2.45) is 7.05 Å². The molecule has 0 amide bonds. The van der Waals surface area contributed by atoms with Crippen molar-refractivity contribution in [2.45, 2.75) is 13.8 Å². The van der Waals surface area contributed by atoms with Gasteiger partial charge in [0.1, 0.15) is 18.2 Å². The molecule has 4 aromatic rings. The molecule has 0 saturated carbocycles. The number of para-hydroxylation sites is 1. The lowest BCUT2D eigenvalue weighted by atomic mass is 9.94. The van der Waals surface area contributed by atoms with Crippen LogP contribution < -0.4 is 4.57 Å². The molecule has 2 aromatic heterocycles. The summed E-state index contributed by atoms with van der Waals surface area (Å²) in [6, 6.07) is 14.0. The lowest BCUT2D eigenvalue weighted by molar-refractivity contribution is -0.660. The molecule has 2 aromatic carbocycles. The fourth-order valence-electron chi connectivity index (χ4n) is 3.36. The predicted octanol–water partition coefficient (Wildman–Crippen LogP) is 5.25. The highest BCUT2D eigenvalue weighted by Crippen LogP contribution is 2.41. The molecule has 0 aliphatic carbocycles. The van der Waals surface area contributed by atoms with Crippen LogP contribution in [0.1, 0.15) is 11.1 Å². The molecule has 0 atom stereocenters. The van der Waals surface area contributed by atoms with Crippen molar-refractivity contribution in [3.8, 4) is 11.3 Å². The number of hydrogen-bond donors (Lipinski definition) is 0. The van der Waals surface area contributed by atoms with Crippen LogP contribution >= 0.6 is 0 Å². The first kappa shape index (κ1) is 14.5. The number of furan rings is 1. The van der Waals surface area contributed by atoms with Gasteiger partial charge in [-0.15, -0.1) is 0 Å². The van der Waals surface area contributed by atoms with E-state index in [1.807, 2.05) is 18.2 Å². The molecule has 116 valence electrons. The topological polar surface area (TPSA) is 21.4 Å². The summed E-state index contributed by atoms with van der Waals surface area (Å²) < 4.78 is 8.21. The van der Waals surface area contributed by atoms with E-state index < -0.39 is 0 Å². The SMILES string of the molecule is [C-]#[N+]c1cccc2c1oc1cc(C)c(C)c(-c3cccc[n+]3C)c12. The second-order valence-corrected chi connectivity index (χ2v) is 6.13. The van der Waals surface area contributed by atoms with Gasteiger partial charge in [0, 0.05) is 22.9 Å². The third kappa shape index (κ3) is 1.93. The minimum Gasteiger partial charge on any atom is -0.467 e. The molecule has 2 heterocycles. The standard InChI is InChI=1S/C21H17N2O/c1-13-12-18-20(15-8-7-9-16(22-3)21(15)24-18)19(14(13)2)17-10-5-6-11-23(17)4/h5-12H,1-2,4H3/q+1. The molecule has 4 rings (SSSR count). The van der Waals surface area contributed by atoms with E-state index >= 15 is 0 Å². The quantitative estimate of drug-likeness (QED) is 0.347.